The second-order valence-electron chi connectivity index (χ2n) is 8.03. The van der Waals surface area contributed by atoms with Crippen LogP contribution in [0, 0.1) is 5.92 Å². The number of carbonyl (C=O) groups excluding carboxylic acids is 1. The summed E-state index contributed by atoms with van der Waals surface area (Å²) in [5, 5.41) is 0. The first-order valence-corrected chi connectivity index (χ1v) is 11.6. The van der Waals surface area contributed by atoms with Crippen molar-refractivity contribution in [3.05, 3.63) is 0 Å². The maximum absolute atomic E-state index is 11.9. The molecule has 0 aliphatic carbocycles. The molecule has 1 aliphatic rings. The summed E-state index contributed by atoms with van der Waals surface area (Å²) in [7, 11) is 0. The van der Waals surface area contributed by atoms with Crippen molar-refractivity contribution in [2.75, 3.05) is 13.2 Å². The first-order valence-electron chi connectivity index (χ1n) is 11.6. The van der Waals surface area contributed by atoms with E-state index in [9.17, 15) is 4.79 Å². The summed E-state index contributed by atoms with van der Waals surface area (Å²) in [6.45, 7) is 7.51. The molecule has 3 atom stereocenters. The molecule has 1 heterocycles. The summed E-state index contributed by atoms with van der Waals surface area (Å²) in [5.41, 5.74) is 0. The molecule has 1 saturated heterocycles. The van der Waals surface area contributed by atoms with Crippen LogP contribution in [0.5, 0.6) is 0 Å². The van der Waals surface area contributed by atoms with Gasteiger partial charge in [-0.1, -0.05) is 85.0 Å². The van der Waals surface area contributed by atoms with Gasteiger partial charge in [-0.15, -0.1) is 0 Å². The quantitative estimate of drug-likeness (QED) is 0.215. The molecule has 4 nitrogen and oxygen atoms in total. The highest BCUT2D eigenvalue weighted by molar-refractivity contribution is 5.69. The number of carbonyl (C=O) groups is 1. The van der Waals surface area contributed by atoms with Crippen molar-refractivity contribution in [2.24, 2.45) is 5.92 Å². The lowest BCUT2D eigenvalue weighted by molar-refractivity contribution is -0.150. The average molecular weight is 385 g/mol. The number of hydrogen-bond acceptors (Lipinski definition) is 4. The van der Waals surface area contributed by atoms with E-state index in [1.807, 2.05) is 0 Å². The van der Waals surface area contributed by atoms with Crippen LogP contribution in [0.15, 0.2) is 0 Å². The van der Waals surface area contributed by atoms with Crippen LogP contribution in [0.2, 0.25) is 0 Å². The Morgan fingerprint density at radius 2 is 1.56 bits per heavy atom. The minimum atomic E-state index is -0.123. The molecule has 1 aliphatic heterocycles. The molecule has 0 saturated carbocycles. The van der Waals surface area contributed by atoms with Gasteiger partial charge in [0.15, 0.2) is 6.29 Å². The van der Waals surface area contributed by atoms with Gasteiger partial charge >= 0.3 is 5.97 Å². The van der Waals surface area contributed by atoms with Crippen molar-refractivity contribution in [3.63, 3.8) is 0 Å². The fourth-order valence-electron chi connectivity index (χ4n) is 3.64. The van der Waals surface area contributed by atoms with Crippen molar-refractivity contribution < 1.29 is 19.0 Å². The summed E-state index contributed by atoms with van der Waals surface area (Å²) >= 11 is 0. The Morgan fingerprint density at radius 1 is 0.926 bits per heavy atom. The summed E-state index contributed by atoms with van der Waals surface area (Å²) in [6, 6.07) is 0. The van der Waals surface area contributed by atoms with Crippen LogP contribution in [0.25, 0.3) is 0 Å². The largest absolute Gasteiger partial charge is 0.463 e. The van der Waals surface area contributed by atoms with Gasteiger partial charge in [-0.05, 0) is 19.3 Å². The molecule has 160 valence electrons. The average Bonchev–Trinajstić information content (AvgIpc) is 3.14. The Bertz CT molecular complexity index is 358. The lowest BCUT2D eigenvalue weighted by atomic mass is 9.99. The van der Waals surface area contributed by atoms with Crippen LogP contribution in [-0.2, 0) is 19.0 Å². The molecule has 0 N–H and O–H groups in total. The first-order chi connectivity index (χ1) is 13.2. The number of esters is 1. The fourth-order valence-corrected chi connectivity index (χ4v) is 3.64. The molecule has 0 amide bonds. The molecule has 1 fully saturated rings. The van der Waals surface area contributed by atoms with Crippen molar-refractivity contribution in [1.29, 1.82) is 0 Å². The van der Waals surface area contributed by atoms with E-state index in [-0.39, 0.29) is 18.4 Å². The molecule has 27 heavy (non-hydrogen) atoms. The third-order valence-corrected chi connectivity index (χ3v) is 5.53. The predicted molar refractivity (Wildman–Crippen MR) is 111 cm³/mol. The number of hydrogen-bond donors (Lipinski definition) is 0. The minimum Gasteiger partial charge on any atom is -0.463 e. The molecule has 0 spiro atoms. The molecular formula is C23H44O4. The Balaban J connectivity index is 2.00. The zero-order valence-corrected chi connectivity index (χ0v) is 18.2. The Morgan fingerprint density at radius 3 is 2.19 bits per heavy atom. The molecule has 0 aromatic rings. The maximum Gasteiger partial charge on any atom is 0.305 e. The van der Waals surface area contributed by atoms with Gasteiger partial charge in [0.2, 0.25) is 0 Å². The van der Waals surface area contributed by atoms with Gasteiger partial charge in [-0.3, -0.25) is 4.79 Å². The smallest absolute Gasteiger partial charge is 0.305 e. The van der Waals surface area contributed by atoms with E-state index < -0.39 is 0 Å². The van der Waals surface area contributed by atoms with Gasteiger partial charge in [-0.2, -0.15) is 0 Å². The third-order valence-electron chi connectivity index (χ3n) is 5.53. The SMILES string of the molecule is CCCCCCCCCCCC(=O)OCC1COC(C(CC)CCCC)O1. The standard InChI is InChI=1S/C23H44O4/c1-4-7-9-10-11-12-13-14-15-17-22(24)25-18-21-19-26-23(27-21)20(6-3)16-8-5-2/h20-21,23H,4-19H2,1-3H3. The van der Waals surface area contributed by atoms with E-state index in [0.29, 0.717) is 25.6 Å². The van der Waals surface area contributed by atoms with Crippen molar-refractivity contribution in [1.82, 2.24) is 0 Å². The normalized spacial score (nSPS) is 20.7. The maximum atomic E-state index is 11.9. The van der Waals surface area contributed by atoms with E-state index in [1.54, 1.807) is 0 Å². The lowest BCUT2D eigenvalue weighted by Gasteiger charge is -2.21. The Labute approximate surface area is 167 Å². The highest BCUT2D eigenvalue weighted by atomic mass is 16.7. The summed E-state index contributed by atoms with van der Waals surface area (Å²) in [4.78, 5) is 11.9. The number of unbranched alkanes of at least 4 members (excludes halogenated alkanes) is 9. The van der Waals surface area contributed by atoms with E-state index in [2.05, 4.69) is 20.8 Å². The molecule has 3 unspecified atom stereocenters. The topological polar surface area (TPSA) is 44.8 Å². The second-order valence-corrected chi connectivity index (χ2v) is 8.03. The van der Waals surface area contributed by atoms with E-state index in [4.69, 9.17) is 14.2 Å². The number of ether oxygens (including phenoxy) is 3. The van der Waals surface area contributed by atoms with Crippen LogP contribution in [0.3, 0.4) is 0 Å². The van der Waals surface area contributed by atoms with Gasteiger partial charge in [-0.25, -0.2) is 0 Å². The zero-order chi connectivity index (χ0) is 19.7. The molecule has 0 radical (unpaired) electrons. The van der Waals surface area contributed by atoms with Gasteiger partial charge in [0, 0.05) is 12.3 Å². The van der Waals surface area contributed by atoms with Crippen LogP contribution >= 0.6 is 0 Å². The lowest BCUT2D eigenvalue weighted by Crippen LogP contribution is -2.25. The van der Waals surface area contributed by atoms with Crippen LogP contribution in [-0.4, -0.2) is 31.6 Å². The summed E-state index contributed by atoms with van der Waals surface area (Å²) in [5.74, 6) is 0.357. The number of rotatable bonds is 17. The highest BCUT2D eigenvalue weighted by Crippen LogP contribution is 2.26. The first kappa shape index (κ1) is 24.4. The van der Waals surface area contributed by atoms with Gasteiger partial charge < -0.3 is 14.2 Å². The van der Waals surface area contributed by atoms with E-state index in [1.165, 1.54) is 57.8 Å². The molecule has 0 aromatic heterocycles. The van der Waals surface area contributed by atoms with Crippen LogP contribution in [0.4, 0.5) is 0 Å². The summed E-state index contributed by atoms with van der Waals surface area (Å²) in [6.07, 6.45) is 16.2. The molecule has 0 bridgehead atoms. The third kappa shape index (κ3) is 11.7. The Kier molecular flexibility index (Phi) is 14.8. The minimum absolute atomic E-state index is 0.0944. The van der Waals surface area contributed by atoms with Gasteiger partial charge in [0.1, 0.15) is 12.7 Å². The highest BCUT2D eigenvalue weighted by Gasteiger charge is 2.32. The monoisotopic (exact) mass is 384 g/mol. The van der Waals surface area contributed by atoms with Gasteiger partial charge in [0.05, 0.1) is 6.61 Å². The van der Waals surface area contributed by atoms with E-state index in [0.717, 1.165) is 25.7 Å². The van der Waals surface area contributed by atoms with Gasteiger partial charge in [0.25, 0.3) is 0 Å². The van der Waals surface area contributed by atoms with Crippen LogP contribution in [0.1, 0.15) is 111 Å². The molecule has 0 aromatic carbocycles. The molecule has 1 rings (SSSR count). The second kappa shape index (κ2) is 16.4. The summed E-state index contributed by atoms with van der Waals surface area (Å²) < 4.78 is 17.2. The van der Waals surface area contributed by atoms with Crippen LogP contribution < -0.4 is 0 Å². The fraction of sp³-hybridized carbons (Fsp3) is 0.957. The predicted octanol–water partition coefficient (Wildman–Crippen LogP) is 6.41. The van der Waals surface area contributed by atoms with Crippen molar-refractivity contribution in [2.45, 2.75) is 123 Å². The molecular weight excluding hydrogens is 340 g/mol. The van der Waals surface area contributed by atoms with Crippen molar-refractivity contribution >= 4 is 5.97 Å². The van der Waals surface area contributed by atoms with Crippen molar-refractivity contribution in [3.8, 4) is 0 Å². The zero-order valence-electron chi connectivity index (χ0n) is 18.2. The molecule has 4 heteroatoms. The Hall–Kier alpha value is -0.610. The van der Waals surface area contributed by atoms with E-state index >= 15 is 0 Å².